The number of allylic oxidation sites excluding steroid dienone is 2. The number of carbonyl (C=O) groups excluding carboxylic acids is 1. The average Bonchev–Trinajstić information content (AvgIpc) is 1.84. The lowest BCUT2D eigenvalue weighted by Gasteiger charge is -1.88. The van der Waals surface area contributed by atoms with Crippen LogP contribution in [-0.2, 0) is 9.53 Å². The number of hydrogen-bond donors (Lipinski definition) is 1. The lowest BCUT2D eigenvalue weighted by atomic mass is 10.4. The van der Waals surface area contributed by atoms with Crippen LogP contribution in [0.1, 0.15) is 27.7 Å². The molecule has 0 aromatic heterocycles. The summed E-state index contributed by atoms with van der Waals surface area (Å²) in [5.74, 6) is 0.421. The number of ether oxygens (including phenoxy) is 1. The van der Waals surface area contributed by atoms with E-state index < -0.39 is 0 Å². The maximum Gasteiger partial charge on any atom is 0.214 e. The minimum absolute atomic E-state index is 0.333. The van der Waals surface area contributed by atoms with Crippen LogP contribution >= 0.6 is 0 Å². The Morgan fingerprint density at radius 1 is 1.15 bits per heavy atom. The van der Waals surface area contributed by atoms with Gasteiger partial charge in [0.25, 0.3) is 0 Å². The molecule has 0 radical (unpaired) electrons. The number of amides is 1. The third-order valence-corrected chi connectivity index (χ3v) is 0.348. The minimum atomic E-state index is -0.333. The number of methoxy groups -OCH3 is 1. The van der Waals surface area contributed by atoms with Crippen molar-refractivity contribution >= 4 is 5.91 Å². The molecule has 0 aromatic rings. The van der Waals surface area contributed by atoms with Gasteiger partial charge in [0, 0.05) is 6.92 Å². The van der Waals surface area contributed by atoms with Crippen molar-refractivity contribution in [2.75, 3.05) is 7.11 Å². The lowest BCUT2D eigenvalue weighted by molar-refractivity contribution is -0.115. The van der Waals surface area contributed by atoms with Gasteiger partial charge in [-0.2, -0.15) is 0 Å². The van der Waals surface area contributed by atoms with Crippen molar-refractivity contribution in [3.63, 3.8) is 0 Å². The molecular formula is C10H21NO2. The quantitative estimate of drug-likeness (QED) is 0.505. The van der Waals surface area contributed by atoms with Crippen LogP contribution < -0.4 is 5.73 Å². The highest BCUT2D eigenvalue weighted by Gasteiger charge is 1.65. The van der Waals surface area contributed by atoms with Crippen molar-refractivity contribution in [1.82, 2.24) is 0 Å². The molecule has 0 fully saturated rings. The summed E-state index contributed by atoms with van der Waals surface area (Å²) in [6.07, 6.45) is 0. The molecule has 0 aliphatic carbocycles. The van der Waals surface area contributed by atoms with Gasteiger partial charge in [-0.05, 0) is 20.8 Å². The van der Waals surface area contributed by atoms with Gasteiger partial charge in [0.2, 0.25) is 5.91 Å². The highest BCUT2D eigenvalue weighted by Crippen LogP contribution is 1.80. The summed E-state index contributed by atoms with van der Waals surface area (Å²) < 4.78 is 4.56. The van der Waals surface area contributed by atoms with Crippen molar-refractivity contribution in [3.05, 3.63) is 24.5 Å². The number of hydrogen-bond acceptors (Lipinski definition) is 2. The number of carbonyl (C=O) groups is 1. The Kier molecular flexibility index (Phi) is 18.2. The van der Waals surface area contributed by atoms with Crippen molar-refractivity contribution in [1.29, 1.82) is 0 Å². The molecule has 1 amide bonds. The van der Waals surface area contributed by atoms with E-state index in [0.717, 1.165) is 5.76 Å². The smallest absolute Gasteiger partial charge is 0.214 e. The summed E-state index contributed by atoms with van der Waals surface area (Å²) in [6, 6.07) is 0. The van der Waals surface area contributed by atoms with E-state index in [-0.39, 0.29) is 5.91 Å². The number of rotatable bonds is 1. The van der Waals surface area contributed by atoms with E-state index >= 15 is 0 Å². The Morgan fingerprint density at radius 3 is 1.23 bits per heavy atom. The zero-order chi connectivity index (χ0) is 11.4. The molecule has 78 valence electrons. The maximum atomic E-state index is 9.22. The number of nitrogens with two attached hydrogens (primary N) is 1. The van der Waals surface area contributed by atoms with Gasteiger partial charge in [-0.3, -0.25) is 4.79 Å². The van der Waals surface area contributed by atoms with E-state index in [1.165, 1.54) is 12.5 Å². The van der Waals surface area contributed by atoms with E-state index in [4.69, 9.17) is 0 Å². The third-order valence-electron chi connectivity index (χ3n) is 0.348. The third kappa shape index (κ3) is 1460. The second-order valence-electron chi connectivity index (χ2n) is 2.72. The summed E-state index contributed by atoms with van der Waals surface area (Å²) in [7, 11) is 1.60. The molecule has 0 spiro atoms. The molecule has 0 saturated heterocycles. The van der Waals surface area contributed by atoms with Gasteiger partial charge in [-0.1, -0.05) is 12.2 Å². The van der Waals surface area contributed by atoms with Crippen molar-refractivity contribution in [2.45, 2.75) is 27.7 Å². The first kappa shape index (κ1) is 17.7. The van der Waals surface area contributed by atoms with Crippen molar-refractivity contribution in [2.24, 2.45) is 5.73 Å². The van der Waals surface area contributed by atoms with E-state index in [1.807, 2.05) is 13.8 Å². The second kappa shape index (κ2) is 13.3. The van der Waals surface area contributed by atoms with Crippen molar-refractivity contribution < 1.29 is 9.53 Å². The van der Waals surface area contributed by atoms with Crippen LogP contribution in [0.5, 0.6) is 0 Å². The first-order chi connectivity index (χ1) is 5.73. The zero-order valence-corrected chi connectivity index (χ0v) is 9.31. The van der Waals surface area contributed by atoms with Crippen LogP contribution in [0.2, 0.25) is 0 Å². The Balaban J connectivity index is -0.000000117. The zero-order valence-electron chi connectivity index (χ0n) is 9.31. The molecule has 0 saturated carbocycles. The summed E-state index contributed by atoms with van der Waals surface area (Å²) >= 11 is 0. The van der Waals surface area contributed by atoms with Gasteiger partial charge >= 0.3 is 0 Å². The summed E-state index contributed by atoms with van der Waals surface area (Å²) in [5, 5.41) is 0. The second-order valence-corrected chi connectivity index (χ2v) is 2.72. The summed E-state index contributed by atoms with van der Waals surface area (Å²) in [5.41, 5.74) is 5.64. The topological polar surface area (TPSA) is 52.3 Å². The molecule has 3 heteroatoms. The average molecular weight is 187 g/mol. The highest BCUT2D eigenvalue weighted by molar-refractivity contribution is 5.70. The molecular weight excluding hydrogens is 166 g/mol. The predicted octanol–water partition coefficient (Wildman–Crippen LogP) is 2.24. The summed E-state index contributed by atoms with van der Waals surface area (Å²) in [6.45, 7) is 14.1. The van der Waals surface area contributed by atoms with Gasteiger partial charge in [-0.25, -0.2) is 0 Å². The molecule has 2 N–H and O–H groups in total. The van der Waals surface area contributed by atoms with E-state index in [2.05, 4.69) is 23.6 Å². The molecule has 0 aliphatic heterocycles. The molecule has 0 unspecified atom stereocenters. The largest absolute Gasteiger partial charge is 0.502 e. The van der Waals surface area contributed by atoms with Gasteiger partial charge in [0.15, 0.2) is 0 Å². The molecule has 0 aromatic carbocycles. The van der Waals surface area contributed by atoms with Crippen LogP contribution in [-0.4, -0.2) is 13.0 Å². The van der Waals surface area contributed by atoms with E-state index in [9.17, 15) is 4.79 Å². The van der Waals surface area contributed by atoms with Crippen LogP contribution in [0, 0.1) is 0 Å². The molecule has 0 bridgehead atoms. The summed E-state index contributed by atoms with van der Waals surface area (Å²) in [4.78, 5) is 9.22. The Morgan fingerprint density at radius 2 is 1.23 bits per heavy atom. The van der Waals surface area contributed by atoms with Crippen LogP contribution in [0.15, 0.2) is 24.5 Å². The number of primary amides is 1. The maximum absolute atomic E-state index is 9.22. The first-order valence-electron chi connectivity index (χ1n) is 3.81. The fourth-order valence-corrected chi connectivity index (χ4v) is 0. The van der Waals surface area contributed by atoms with Crippen LogP contribution in [0.4, 0.5) is 0 Å². The Bertz CT molecular complexity index is 142. The molecule has 0 aliphatic rings. The highest BCUT2D eigenvalue weighted by atomic mass is 16.5. The Labute approximate surface area is 81.3 Å². The minimum Gasteiger partial charge on any atom is -0.502 e. The lowest BCUT2D eigenvalue weighted by Crippen LogP contribution is -2.01. The molecule has 13 heavy (non-hydrogen) atoms. The first-order valence-corrected chi connectivity index (χ1v) is 3.81. The van der Waals surface area contributed by atoms with Crippen molar-refractivity contribution in [3.8, 4) is 0 Å². The standard InChI is InChI=1S/C4H8O.C4H8.C2H5NO/c1-4(2)5-3;1-4(2)3;1-2(3)4/h1H2,2-3H3;1H2,2-3H3;1H3,(H2,3,4). The fraction of sp³-hybridized carbons (Fsp3) is 0.500. The SMILES string of the molecule is C=C(C)C.C=C(C)OC.CC(N)=O. The van der Waals surface area contributed by atoms with E-state index in [1.54, 1.807) is 14.0 Å². The van der Waals surface area contributed by atoms with Gasteiger partial charge in [-0.15, -0.1) is 6.58 Å². The fourth-order valence-electron chi connectivity index (χ4n) is 0. The van der Waals surface area contributed by atoms with Gasteiger partial charge in [0.05, 0.1) is 12.9 Å². The molecule has 0 atom stereocenters. The monoisotopic (exact) mass is 187 g/mol. The molecule has 0 heterocycles. The van der Waals surface area contributed by atoms with E-state index in [0.29, 0.717) is 0 Å². The predicted molar refractivity (Wildman–Crippen MR) is 57.2 cm³/mol. The molecule has 0 rings (SSSR count). The van der Waals surface area contributed by atoms with Gasteiger partial charge in [0.1, 0.15) is 0 Å². The molecule has 3 nitrogen and oxygen atoms in total. The van der Waals surface area contributed by atoms with Crippen LogP contribution in [0.3, 0.4) is 0 Å². The van der Waals surface area contributed by atoms with Gasteiger partial charge < -0.3 is 10.5 Å². The Hall–Kier alpha value is -1.25. The van der Waals surface area contributed by atoms with Crippen LogP contribution in [0.25, 0.3) is 0 Å². The normalized spacial score (nSPS) is 6.54.